The molecule has 104 valence electrons. The lowest BCUT2D eigenvalue weighted by atomic mass is 10.1. The Kier molecular flexibility index (Phi) is 4.04. The van der Waals surface area contributed by atoms with Crippen LogP contribution in [0.5, 0.6) is 0 Å². The van der Waals surface area contributed by atoms with Gasteiger partial charge in [0.15, 0.2) is 0 Å². The summed E-state index contributed by atoms with van der Waals surface area (Å²) in [6, 6.07) is 10.6. The van der Waals surface area contributed by atoms with Crippen molar-refractivity contribution in [2.75, 3.05) is 19.7 Å². The molecule has 2 aromatic rings. The molecule has 2 heterocycles. The van der Waals surface area contributed by atoms with Gasteiger partial charge in [-0.2, -0.15) is 0 Å². The van der Waals surface area contributed by atoms with Gasteiger partial charge in [-0.15, -0.1) is 0 Å². The SMILES string of the molecule is Cc1ncc(C2CN(Cc3ccccc3)CCO2)cn1. The maximum absolute atomic E-state index is 5.85. The lowest BCUT2D eigenvalue weighted by Crippen LogP contribution is -2.37. The van der Waals surface area contributed by atoms with Gasteiger partial charge in [0.05, 0.1) is 12.7 Å². The van der Waals surface area contributed by atoms with Crippen LogP contribution in [-0.2, 0) is 11.3 Å². The van der Waals surface area contributed by atoms with Crippen molar-refractivity contribution >= 4 is 0 Å². The van der Waals surface area contributed by atoms with Gasteiger partial charge in [0.25, 0.3) is 0 Å². The predicted octanol–water partition coefficient (Wildman–Crippen LogP) is 2.36. The number of morpholine rings is 1. The van der Waals surface area contributed by atoms with Crippen molar-refractivity contribution in [3.8, 4) is 0 Å². The minimum absolute atomic E-state index is 0.0769. The van der Waals surface area contributed by atoms with Crippen molar-refractivity contribution in [1.29, 1.82) is 0 Å². The third-order valence-electron chi connectivity index (χ3n) is 3.57. The summed E-state index contributed by atoms with van der Waals surface area (Å²) in [5.41, 5.74) is 2.40. The van der Waals surface area contributed by atoms with Crippen LogP contribution in [0.1, 0.15) is 23.1 Å². The third-order valence-corrected chi connectivity index (χ3v) is 3.57. The van der Waals surface area contributed by atoms with Crippen LogP contribution in [0.3, 0.4) is 0 Å². The van der Waals surface area contributed by atoms with Gasteiger partial charge in [0, 0.05) is 37.6 Å². The van der Waals surface area contributed by atoms with Crippen molar-refractivity contribution in [1.82, 2.24) is 14.9 Å². The quantitative estimate of drug-likeness (QED) is 0.857. The van der Waals surface area contributed by atoms with E-state index < -0.39 is 0 Å². The Balaban J connectivity index is 1.66. The van der Waals surface area contributed by atoms with E-state index >= 15 is 0 Å². The largest absolute Gasteiger partial charge is 0.371 e. The molecular weight excluding hydrogens is 250 g/mol. The van der Waals surface area contributed by atoms with Crippen LogP contribution in [0.4, 0.5) is 0 Å². The van der Waals surface area contributed by atoms with E-state index in [9.17, 15) is 0 Å². The zero-order valence-corrected chi connectivity index (χ0v) is 11.7. The highest BCUT2D eigenvalue weighted by Crippen LogP contribution is 2.22. The molecule has 1 aromatic heterocycles. The van der Waals surface area contributed by atoms with Gasteiger partial charge in [0.2, 0.25) is 0 Å². The van der Waals surface area contributed by atoms with E-state index in [-0.39, 0.29) is 6.10 Å². The van der Waals surface area contributed by atoms with Crippen molar-refractivity contribution in [3.63, 3.8) is 0 Å². The van der Waals surface area contributed by atoms with Gasteiger partial charge in [-0.25, -0.2) is 9.97 Å². The van der Waals surface area contributed by atoms with Gasteiger partial charge >= 0.3 is 0 Å². The minimum atomic E-state index is 0.0769. The highest BCUT2D eigenvalue weighted by molar-refractivity contribution is 5.15. The van der Waals surface area contributed by atoms with Crippen LogP contribution in [0.2, 0.25) is 0 Å². The average Bonchev–Trinajstić information content (AvgIpc) is 2.49. The summed E-state index contributed by atoms with van der Waals surface area (Å²) in [4.78, 5) is 10.9. The first-order chi connectivity index (χ1) is 9.81. The fourth-order valence-electron chi connectivity index (χ4n) is 2.46. The van der Waals surface area contributed by atoms with Crippen LogP contribution < -0.4 is 0 Å². The number of rotatable bonds is 3. The summed E-state index contributed by atoms with van der Waals surface area (Å²) < 4.78 is 5.85. The smallest absolute Gasteiger partial charge is 0.125 e. The molecule has 0 radical (unpaired) electrons. The Morgan fingerprint density at radius 1 is 1.20 bits per heavy atom. The number of hydrogen-bond acceptors (Lipinski definition) is 4. The molecule has 1 fully saturated rings. The molecular formula is C16H19N3O. The Labute approximate surface area is 119 Å². The molecule has 4 heteroatoms. The second kappa shape index (κ2) is 6.11. The van der Waals surface area contributed by atoms with Crippen LogP contribution in [0, 0.1) is 6.92 Å². The van der Waals surface area contributed by atoms with E-state index in [1.807, 2.05) is 19.3 Å². The predicted molar refractivity (Wildman–Crippen MR) is 77.2 cm³/mol. The Bertz CT molecular complexity index is 541. The van der Waals surface area contributed by atoms with E-state index in [2.05, 4.69) is 45.2 Å². The number of nitrogens with zero attached hydrogens (tertiary/aromatic N) is 3. The normalized spacial score (nSPS) is 19.9. The minimum Gasteiger partial charge on any atom is -0.371 e. The summed E-state index contributed by atoms with van der Waals surface area (Å²) in [6.45, 7) is 5.48. The molecule has 4 nitrogen and oxygen atoms in total. The van der Waals surface area contributed by atoms with Crippen molar-refractivity contribution in [2.24, 2.45) is 0 Å². The van der Waals surface area contributed by atoms with E-state index in [1.54, 1.807) is 0 Å². The highest BCUT2D eigenvalue weighted by atomic mass is 16.5. The fraction of sp³-hybridized carbons (Fsp3) is 0.375. The molecule has 0 N–H and O–H groups in total. The van der Waals surface area contributed by atoms with Gasteiger partial charge in [-0.05, 0) is 12.5 Å². The van der Waals surface area contributed by atoms with Crippen molar-refractivity contribution in [2.45, 2.75) is 19.6 Å². The summed E-state index contributed by atoms with van der Waals surface area (Å²) in [5.74, 6) is 0.797. The number of aromatic nitrogens is 2. The molecule has 0 bridgehead atoms. The first kappa shape index (κ1) is 13.2. The Morgan fingerprint density at radius 2 is 1.95 bits per heavy atom. The highest BCUT2D eigenvalue weighted by Gasteiger charge is 2.22. The van der Waals surface area contributed by atoms with Crippen LogP contribution in [0.15, 0.2) is 42.7 Å². The van der Waals surface area contributed by atoms with Crippen LogP contribution in [0.25, 0.3) is 0 Å². The van der Waals surface area contributed by atoms with Crippen molar-refractivity contribution in [3.05, 3.63) is 59.7 Å². The first-order valence-electron chi connectivity index (χ1n) is 6.98. The van der Waals surface area contributed by atoms with Crippen LogP contribution in [-0.4, -0.2) is 34.6 Å². The summed E-state index contributed by atoms with van der Waals surface area (Å²) in [5, 5.41) is 0. The molecule has 1 aromatic carbocycles. The molecule has 0 spiro atoms. The third kappa shape index (κ3) is 3.21. The standard InChI is InChI=1S/C16H19N3O/c1-13-17-9-15(10-18-13)16-12-19(7-8-20-16)11-14-5-3-2-4-6-14/h2-6,9-10,16H,7-8,11-12H2,1H3. The molecule has 1 saturated heterocycles. The maximum atomic E-state index is 5.85. The maximum Gasteiger partial charge on any atom is 0.125 e. The molecule has 1 aliphatic heterocycles. The number of ether oxygens (including phenoxy) is 1. The van der Waals surface area contributed by atoms with Gasteiger partial charge in [-0.3, -0.25) is 4.90 Å². The molecule has 0 aliphatic carbocycles. The second-order valence-corrected chi connectivity index (χ2v) is 5.14. The van der Waals surface area contributed by atoms with Gasteiger partial charge in [0.1, 0.15) is 5.82 Å². The zero-order valence-electron chi connectivity index (χ0n) is 11.7. The molecule has 1 aliphatic rings. The topological polar surface area (TPSA) is 38.2 Å². The number of aryl methyl sites for hydroxylation is 1. The average molecular weight is 269 g/mol. The van der Waals surface area contributed by atoms with E-state index in [0.717, 1.165) is 37.6 Å². The number of hydrogen-bond donors (Lipinski definition) is 0. The Hall–Kier alpha value is -1.78. The monoisotopic (exact) mass is 269 g/mol. The zero-order chi connectivity index (χ0) is 13.8. The number of benzene rings is 1. The van der Waals surface area contributed by atoms with Crippen molar-refractivity contribution < 1.29 is 4.74 Å². The van der Waals surface area contributed by atoms with Gasteiger partial charge < -0.3 is 4.74 Å². The molecule has 3 rings (SSSR count). The first-order valence-corrected chi connectivity index (χ1v) is 6.98. The summed E-state index contributed by atoms with van der Waals surface area (Å²) >= 11 is 0. The van der Waals surface area contributed by atoms with E-state index in [4.69, 9.17) is 4.74 Å². The summed E-state index contributed by atoms with van der Waals surface area (Å²) in [6.07, 6.45) is 3.82. The van der Waals surface area contributed by atoms with Gasteiger partial charge in [-0.1, -0.05) is 30.3 Å². The molecule has 0 amide bonds. The lowest BCUT2D eigenvalue weighted by Gasteiger charge is -2.32. The molecule has 1 atom stereocenters. The van der Waals surface area contributed by atoms with E-state index in [1.165, 1.54) is 5.56 Å². The Morgan fingerprint density at radius 3 is 2.70 bits per heavy atom. The molecule has 20 heavy (non-hydrogen) atoms. The van der Waals surface area contributed by atoms with E-state index in [0.29, 0.717) is 0 Å². The lowest BCUT2D eigenvalue weighted by molar-refractivity contribution is -0.0332. The second-order valence-electron chi connectivity index (χ2n) is 5.14. The van der Waals surface area contributed by atoms with Crippen LogP contribution >= 0.6 is 0 Å². The fourth-order valence-corrected chi connectivity index (χ4v) is 2.46. The summed E-state index contributed by atoms with van der Waals surface area (Å²) in [7, 11) is 0. The molecule has 0 saturated carbocycles. The molecule has 1 unspecified atom stereocenters.